The molecule has 0 aliphatic heterocycles. The van der Waals surface area contributed by atoms with Crippen molar-refractivity contribution in [2.24, 2.45) is 5.92 Å². The number of benzene rings is 1. The molecule has 0 bridgehead atoms. The molecule has 2 N–H and O–H groups in total. The first kappa shape index (κ1) is 23.4. The van der Waals surface area contributed by atoms with E-state index in [2.05, 4.69) is 10.3 Å². The molecule has 0 saturated carbocycles. The second kappa shape index (κ2) is 10.8. The number of hydrogen-bond acceptors (Lipinski definition) is 7. The summed E-state index contributed by atoms with van der Waals surface area (Å²) in [7, 11) is 1.43. The van der Waals surface area contributed by atoms with Crippen LogP contribution in [0.25, 0.3) is 0 Å². The van der Waals surface area contributed by atoms with Crippen molar-refractivity contribution in [3.63, 3.8) is 0 Å². The summed E-state index contributed by atoms with van der Waals surface area (Å²) in [6.45, 7) is 7.42. The van der Waals surface area contributed by atoms with Crippen LogP contribution in [0.5, 0.6) is 17.2 Å². The van der Waals surface area contributed by atoms with Gasteiger partial charge in [-0.25, -0.2) is 9.78 Å². The smallest absolute Gasteiger partial charge is 0.328 e. The zero-order valence-corrected chi connectivity index (χ0v) is 18.6. The molecule has 0 unspecified atom stereocenters. The van der Waals surface area contributed by atoms with Crippen LogP contribution in [0.3, 0.4) is 0 Å². The molecule has 8 heteroatoms. The first-order chi connectivity index (χ1) is 14.2. The quantitative estimate of drug-likeness (QED) is 0.460. The van der Waals surface area contributed by atoms with E-state index in [1.165, 1.54) is 19.4 Å². The van der Waals surface area contributed by atoms with Crippen molar-refractivity contribution in [2.75, 3.05) is 7.11 Å². The maximum atomic E-state index is 12.7. The molecule has 0 fully saturated rings. The summed E-state index contributed by atoms with van der Waals surface area (Å²) in [6.07, 6.45) is 0.654. The molecule has 0 aliphatic rings. The highest BCUT2D eigenvalue weighted by atomic mass is 32.1. The Bertz CT molecular complexity index is 860. The molecule has 0 amide bonds. The molecule has 0 radical (unpaired) electrons. The van der Waals surface area contributed by atoms with E-state index in [1.807, 2.05) is 51.1 Å². The average molecular weight is 433 g/mol. The maximum Gasteiger partial charge on any atom is 0.328 e. The normalized spacial score (nSPS) is 13.8. The number of aromatic hydroxyl groups is 1. The van der Waals surface area contributed by atoms with E-state index in [0.29, 0.717) is 5.75 Å². The lowest BCUT2D eigenvalue weighted by atomic mass is 10.0. The minimum Gasteiger partial charge on any atom is -0.503 e. The lowest BCUT2D eigenvalue weighted by Gasteiger charge is -2.29. The number of rotatable bonds is 9. The molecule has 0 spiro atoms. The van der Waals surface area contributed by atoms with Gasteiger partial charge in [-0.05, 0) is 31.9 Å². The van der Waals surface area contributed by atoms with Crippen molar-refractivity contribution in [3.05, 3.63) is 48.3 Å². The summed E-state index contributed by atoms with van der Waals surface area (Å²) in [6, 6.07) is 10.1. The minimum atomic E-state index is -0.755. The molecule has 2 rings (SSSR count). The van der Waals surface area contributed by atoms with Gasteiger partial charge < -0.3 is 24.6 Å². The van der Waals surface area contributed by atoms with Crippen molar-refractivity contribution in [3.8, 4) is 17.2 Å². The van der Waals surface area contributed by atoms with Crippen molar-refractivity contribution < 1.29 is 24.1 Å². The third-order valence-corrected chi connectivity index (χ3v) is 4.77. The van der Waals surface area contributed by atoms with Crippen LogP contribution >= 0.6 is 12.2 Å². The minimum absolute atomic E-state index is 0.0379. The van der Waals surface area contributed by atoms with Gasteiger partial charge in [-0.2, -0.15) is 0 Å². The Morgan fingerprint density at radius 2 is 1.80 bits per heavy atom. The number of para-hydroxylation sites is 1. The number of hydrogen-bond donors (Lipinski definition) is 2. The fraction of sp³-hybridized carbons (Fsp3) is 0.409. The molecule has 1 heterocycles. The summed E-state index contributed by atoms with van der Waals surface area (Å²) >= 11 is 5.29. The van der Waals surface area contributed by atoms with E-state index in [1.54, 1.807) is 6.92 Å². The third-order valence-electron chi connectivity index (χ3n) is 4.46. The molecule has 3 atom stereocenters. The molecule has 30 heavy (non-hydrogen) atoms. The first-order valence-corrected chi connectivity index (χ1v) is 10.1. The van der Waals surface area contributed by atoms with E-state index < -0.39 is 18.1 Å². The van der Waals surface area contributed by atoms with Gasteiger partial charge in [0.15, 0.2) is 11.5 Å². The number of esters is 1. The Kier molecular flexibility index (Phi) is 8.41. The molecule has 2 aromatic rings. The molecular weight excluding hydrogens is 404 g/mol. The summed E-state index contributed by atoms with van der Waals surface area (Å²) in [5.74, 6) is 0.311. The largest absolute Gasteiger partial charge is 0.503 e. The van der Waals surface area contributed by atoms with E-state index in [4.69, 9.17) is 26.4 Å². The number of thiocarbonyl (C=S) groups is 1. The highest BCUT2D eigenvalue weighted by Crippen LogP contribution is 2.27. The molecule has 0 aliphatic carbocycles. The fourth-order valence-electron chi connectivity index (χ4n) is 2.88. The number of carbonyl (C=O) groups is 1. The van der Waals surface area contributed by atoms with E-state index in [-0.39, 0.29) is 34.2 Å². The van der Waals surface area contributed by atoms with Gasteiger partial charge in [0.05, 0.1) is 7.11 Å². The zero-order chi connectivity index (χ0) is 22.3. The van der Waals surface area contributed by atoms with Gasteiger partial charge >= 0.3 is 5.97 Å². The van der Waals surface area contributed by atoms with Crippen LogP contribution in [0.15, 0.2) is 42.6 Å². The summed E-state index contributed by atoms with van der Waals surface area (Å²) in [5, 5.41) is 13.1. The highest BCUT2D eigenvalue weighted by molar-refractivity contribution is 7.80. The Labute approximate surface area is 182 Å². The lowest BCUT2D eigenvalue weighted by molar-refractivity contribution is -0.158. The van der Waals surface area contributed by atoms with E-state index in [9.17, 15) is 9.90 Å². The highest BCUT2D eigenvalue weighted by Gasteiger charge is 2.29. The van der Waals surface area contributed by atoms with Crippen LogP contribution < -0.4 is 14.8 Å². The summed E-state index contributed by atoms with van der Waals surface area (Å²) in [5.41, 5.74) is 0.130. The number of aromatic nitrogens is 1. The molecule has 0 saturated heterocycles. The number of methoxy groups -OCH3 is 1. The van der Waals surface area contributed by atoms with E-state index in [0.717, 1.165) is 0 Å². The van der Waals surface area contributed by atoms with Crippen LogP contribution in [0.1, 0.15) is 33.4 Å². The third kappa shape index (κ3) is 6.06. The monoisotopic (exact) mass is 432 g/mol. The van der Waals surface area contributed by atoms with Gasteiger partial charge in [-0.1, -0.05) is 44.3 Å². The van der Waals surface area contributed by atoms with Crippen molar-refractivity contribution in [1.29, 1.82) is 0 Å². The molecule has 1 aromatic carbocycles. The van der Waals surface area contributed by atoms with Gasteiger partial charge in [-0.3, -0.25) is 0 Å². The van der Waals surface area contributed by atoms with Crippen LogP contribution in [-0.4, -0.2) is 46.4 Å². The molecule has 162 valence electrons. The number of carbonyl (C=O) groups excluding carboxylic acids is 1. The van der Waals surface area contributed by atoms with Crippen LogP contribution in [0.4, 0.5) is 0 Å². The van der Waals surface area contributed by atoms with Crippen molar-refractivity contribution in [1.82, 2.24) is 10.3 Å². The topological polar surface area (TPSA) is 89.9 Å². The van der Waals surface area contributed by atoms with Gasteiger partial charge in [0.1, 0.15) is 34.7 Å². The maximum absolute atomic E-state index is 12.7. The molecule has 7 nitrogen and oxygen atoms in total. The van der Waals surface area contributed by atoms with Gasteiger partial charge in [-0.15, -0.1) is 0 Å². The number of nitrogens with one attached hydrogen (secondary N) is 1. The zero-order valence-electron chi connectivity index (χ0n) is 17.8. The van der Waals surface area contributed by atoms with Crippen LogP contribution in [0, 0.1) is 5.92 Å². The predicted octanol–water partition coefficient (Wildman–Crippen LogP) is 3.48. The van der Waals surface area contributed by atoms with Crippen LogP contribution in [0.2, 0.25) is 0 Å². The second-order valence-electron chi connectivity index (χ2n) is 7.19. The summed E-state index contributed by atoms with van der Waals surface area (Å²) in [4.78, 5) is 16.9. The first-order valence-electron chi connectivity index (χ1n) is 9.69. The average Bonchev–Trinajstić information content (AvgIpc) is 2.72. The fourth-order valence-corrected chi connectivity index (χ4v) is 3.21. The second-order valence-corrected chi connectivity index (χ2v) is 7.60. The lowest BCUT2D eigenvalue weighted by Crippen LogP contribution is -2.44. The SMILES string of the molecule is COc1ccnc(C(=S)N[C@@H](C)C(=O)O[C@@H](C(C)C)[C@@H](C)Oc2ccccc2)c1O. The Balaban J connectivity index is 2.02. The van der Waals surface area contributed by atoms with Crippen molar-refractivity contribution >= 4 is 23.2 Å². The standard InChI is InChI=1S/C22H28N2O5S/c1-13(2)20(15(4)28-16-9-7-6-8-10-16)29-22(26)14(3)24-21(30)18-19(25)17(27-5)11-12-23-18/h6-15,20,25H,1-5H3,(H,24,30)/t14-,15+,20-/m0/s1. The van der Waals surface area contributed by atoms with Crippen molar-refractivity contribution in [2.45, 2.75) is 45.9 Å². The Morgan fingerprint density at radius 1 is 1.13 bits per heavy atom. The van der Waals surface area contributed by atoms with Crippen LogP contribution in [-0.2, 0) is 9.53 Å². The predicted molar refractivity (Wildman–Crippen MR) is 118 cm³/mol. The number of ether oxygens (including phenoxy) is 3. The van der Waals surface area contributed by atoms with Gasteiger partial charge in [0.25, 0.3) is 0 Å². The molecule has 1 aromatic heterocycles. The number of pyridine rings is 1. The number of nitrogens with zero attached hydrogens (tertiary/aromatic N) is 1. The van der Waals surface area contributed by atoms with E-state index >= 15 is 0 Å². The van der Waals surface area contributed by atoms with Gasteiger partial charge in [0, 0.05) is 12.3 Å². The molecular formula is C22H28N2O5S. The summed E-state index contributed by atoms with van der Waals surface area (Å²) < 4.78 is 16.7. The Hall–Kier alpha value is -2.87. The Morgan fingerprint density at radius 3 is 2.40 bits per heavy atom. The van der Waals surface area contributed by atoms with Gasteiger partial charge in [0.2, 0.25) is 0 Å².